The van der Waals surface area contributed by atoms with Gasteiger partial charge < -0.3 is 10.5 Å². The molecule has 1 aromatic carbocycles. The van der Waals surface area contributed by atoms with Crippen LogP contribution >= 0.6 is 0 Å². The second kappa shape index (κ2) is 5.66. The summed E-state index contributed by atoms with van der Waals surface area (Å²) >= 11 is 0. The Hall–Kier alpha value is -1.16. The van der Waals surface area contributed by atoms with Gasteiger partial charge in [0.25, 0.3) is 0 Å². The zero-order valence-corrected chi connectivity index (χ0v) is 8.62. The molecule has 0 unspecified atom stereocenters. The summed E-state index contributed by atoms with van der Waals surface area (Å²) in [6.07, 6.45) is -2.68. The van der Waals surface area contributed by atoms with E-state index in [1.165, 1.54) is 0 Å². The largest absolute Gasteiger partial charge is 0.494 e. The van der Waals surface area contributed by atoms with E-state index in [9.17, 15) is 8.78 Å². The van der Waals surface area contributed by atoms with Crippen LogP contribution in [-0.2, 0) is 0 Å². The predicted molar refractivity (Wildman–Crippen MR) is 55.2 cm³/mol. The summed E-state index contributed by atoms with van der Waals surface area (Å²) in [4.78, 5) is 0. The molecule has 0 fully saturated rings. The third kappa shape index (κ3) is 3.83. The first-order valence-electron chi connectivity index (χ1n) is 4.90. The third-order valence-electron chi connectivity index (χ3n) is 2.05. The zero-order valence-electron chi connectivity index (χ0n) is 8.62. The van der Waals surface area contributed by atoms with Gasteiger partial charge in [0.15, 0.2) is 0 Å². The van der Waals surface area contributed by atoms with Crippen molar-refractivity contribution >= 4 is 0 Å². The number of alkyl halides is 2. The van der Waals surface area contributed by atoms with Gasteiger partial charge in [0, 0.05) is 12.5 Å². The first kappa shape index (κ1) is 11.9. The molecule has 0 saturated carbocycles. The van der Waals surface area contributed by atoms with Gasteiger partial charge in [-0.15, -0.1) is 0 Å². The lowest BCUT2D eigenvalue weighted by molar-refractivity contribution is 0.128. The summed E-state index contributed by atoms with van der Waals surface area (Å²) in [5.74, 6) is 0.727. The van der Waals surface area contributed by atoms with Crippen LogP contribution in [0.15, 0.2) is 24.3 Å². The van der Waals surface area contributed by atoms with Crippen LogP contribution in [0.1, 0.15) is 24.9 Å². The predicted octanol–water partition coefficient (Wildman–Crippen LogP) is 2.74. The molecule has 2 N–H and O–H groups in total. The van der Waals surface area contributed by atoms with Gasteiger partial charge in [-0.2, -0.15) is 0 Å². The Morgan fingerprint density at radius 3 is 2.33 bits per heavy atom. The highest BCUT2D eigenvalue weighted by Crippen LogP contribution is 2.20. The van der Waals surface area contributed by atoms with Gasteiger partial charge in [0.1, 0.15) is 5.75 Å². The summed E-state index contributed by atoms with van der Waals surface area (Å²) in [7, 11) is 0. The fourth-order valence-electron chi connectivity index (χ4n) is 1.31. The minimum Gasteiger partial charge on any atom is -0.494 e. The number of benzene rings is 1. The van der Waals surface area contributed by atoms with Crippen molar-refractivity contribution in [2.45, 2.75) is 25.8 Å². The van der Waals surface area contributed by atoms with E-state index >= 15 is 0 Å². The summed E-state index contributed by atoms with van der Waals surface area (Å²) < 4.78 is 29.4. The number of hydrogen-bond acceptors (Lipinski definition) is 2. The first-order valence-corrected chi connectivity index (χ1v) is 4.90. The van der Waals surface area contributed by atoms with Crippen molar-refractivity contribution in [3.8, 4) is 5.75 Å². The van der Waals surface area contributed by atoms with E-state index in [1.54, 1.807) is 24.3 Å². The number of nitrogens with two attached hydrogens (primary N) is 1. The molecular formula is C11H15F2NO. The summed E-state index contributed by atoms with van der Waals surface area (Å²) in [5, 5.41) is 0. The van der Waals surface area contributed by atoms with Crippen molar-refractivity contribution in [2.24, 2.45) is 5.73 Å². The van der Waals surface area contributed by atoms with E-state index < -0.39 is 12.5 Å². The van der Waals surface area contributed by atoms with E-state index in [0.29, 0.717) is 12.2 Å². The minimum absolute atomic E-state index is 0.312. The van der Waals surface area contributed by atoms with Crippen LogP contribution in [0.2, 0.25) is 0 Å². The Labute approximate surface area is 88.0 Å². The molecule has 0 amide bonds. The molecule has 1 rings (SSSR count). The Morgan fingerprint density at radius 1 is 1.27 bits per heavy atom. The van der Waals surface area contributed by atoms with Crippen molar-refractivity contribution in [3.05, 3.63) is 29.8 Å². The summed E-state index contributed by atoms with van der Waals surface area (Å²) in [6.45, 7) is 2.47. The van der Waals surface area contributed by atoms with E-state index in [4.69, 9.17) is 10.5 Å². The van der Waals surface area contributed by atoms with Gasteiger partial charge in [-0.1, -0.05) is 12.1 Å². The first-order chi connectivity index (χ1) is 7.13. The van der Waals surface area contributed by atoms with Crippen molar-refractivity contribution in [1.29, 1.82) is 0 Å². The maximum atomic E-state index is 12.1. The van der Waals surface area contributed by atoms with Crippen LogP contribution in [0.5, 0.6) is 5.75 Å². The molecule has 0 aliphatic rings. The lowest BCUT2D eigenvalue weighted by Crippen LogP contribution is -2.13. The smallest absolute Gasteiger partial charge is 0.240 e. The Kier molecular flexibility index (Phi) is 4.49. The summed E-state index contributed by atoms with van der Waals surface area (Å²) in [6, 6.07) is 6.31. The molecule has 15 heavy (non-hydrogen) atoms. The second-order valence-electron chi connectivity index (χ2n) is 3.24. The van der Waals surface area contributed by atoms with Gasteiger partial charge in [-0.25, -0.2) is 8.78 Å². The minimum atomic E-state index is -2.37. The molecule has 0 spiro atoms. The fraction of sp³-hybridized carbons (Fsp3) is 0.455. The quantitative estimate of drug-likeness (QED) is 0.819. The molecule has 0 aromatic heterocycles. The van der Waals surface area contributed by atoms with Crippen molar-refractivity contribution in [3.63, 3.8) is 0 Å². The zero-order chi connectivity index (χ0) is 11.3. The van der Waals surface area contributed by atoms with Crippen molar-refractivity contribution in [1.82, 2.24) is 0 Å². The van der Waals surface area contributed by atoms with Crippen LogP contribution in [0.4, 0.5) is 8.78 Å². The highest BCUT2D eigenvalue weighted by Gasteiger charge is 2.12. The third-order valence-corrected chi connectivity index (χ3v) is 2.05. The van der Waals surface area contributed by atoms with Gasteiger partial charge in [0.2, 0.25) is 6.43 Å². The molecule has 2 nitrogen and oxygen atoms in total. The van der Waals surface area contributed by atoms with Crippen LogP contribution in [-0.4, -0.2) is 13.0 Å². The second-order valence-corrected chi connectivity index (χ2v) is 3.24. The highest BCUT2D eigenvalue weighted by atomic mass is 19.3. The van der Waals surface area contributed by atoms with Crippen molar-refractivity contribution < 1.29 is 13.5 Å². The molecule has 0 aliphatic carbocycles. The van der Waals surface area contributed by atoms with Crippen LogP contribution in [0.3, 0.4) is 0 Å². The molecular weight excluding hydrogens is 200 g/mol. The van der Waals surface area contributed by atoms with E-state index in [1.807, 2.05) is 6.92 Å². The lowest BCUT2D eigenvalue weighted by atomic mass is 10.1. The average Bonchev–Trinajstić information content (AvgIpc) is 2.18. The van der Waals surface area contributed by atoms with Gasteiger partial charge in [-0.3, -0.25) is 0 Å². The van der Waals surface area contributed by atoms with Gasteiger partial charge in [-0.05, 0) is 24.6 Å². The van der Waals surface area contributed by atoms with Crippen molar-refractivity contribution in [2.75, 3.05) is 6.61 Å². The van der Waals surface area contributed by atoms with Crippen LogP contribution in [0, 0.1) is 0 Å². The van der Waals surface area contributed by atoms with E-state index in [2.05, 4.69) is 0 Å². The summed E-state index contributed by atoms with van der Waals surface area (Å²) in [5.41, 5.74) is 6.31. The average molecular weight is 215 g/mol. The number of hydrogen-bond donors (Lipinski definition) is 1. The molecule has 84 valence electrons. The normalized spacial score (nSPS) is 12.9. The SMILES string of the molecule is CCOc1ccc([C@H](N)CC(F)F)cc1. The monoisotopic (exact) mass is 215 g/mol. The number of ether oxygens (including phenoxy) is 1. The molecule has 0 radical (unpaired) electrons. The molecule has 4 heteroatoms. The molecule has 1 aromatic rings. The molecule has 0 bridgehead atoms. The Balaban J connectivity index is 2.62. The van der Waals surface area contributed by atoms with Gasteiger partial charge in [0.05, 0.1) is 6.61 Å². The maximum absolute atomic E-state index is 12.1. The lowest BCUT2D eigenvalue weighted by Gasteiger charge is -2.11. The van der Waals surface area contributed by atoms with Crippen LogP contribution in [0.25, 0.3) is 0 Å². The highest BCUT2D eigenvalue weighted by molar-refractivity contribution is 5.29. The maximum Gasteiger partial charge on any atom is 0.240 e. The Bertz CT molecular complexity index is 287. The van der Waals surface area contributed by atoms with Gasteiger partial charge >= 0.3 is 0 Å². The fourth-order valence-corrected chi connectivity index (χ4v) is 1.31. The number of halogens is 2. The molecule has 0 heterocycles. The van der Waals surface area contributed by atoms with Crippen LogP contribution < -0.4 is 10.5 Å². The Morgan fingerprint density at radius 2 is 1.87 bits per heavy atom. The standard InChI is InChI=1S/C11H15F2NO/c1-2-15-9-5-3-8(4-6-9)10(14)7-11(12)13/h3-6,10-11H,2,7,14H2,1H3/t10-/m1/s1. The number of rotatable bonds is 5. The molecule has 0 aliphatic heterocycles. The molecule has 1 atom stereocenters. The van der Waals surface area contributed by atoms with E-state index in [0.717, 1.165) is 5.75 Å². The molecule has 0 saturated heterocycles. The van der Waals surface area contributed by atoms with E-state index in [-0.39, 0.29) is 6.42 Å². The topological polar surface area (TPSA) is 35.2 Å².